The van der Waals surface area contributed by atoms with Crippen molar-refractivity contribution < 1.29 is 40.9 Å². The van der Waals surface area contributed by atoms with Gasteiger partial charge in [-0.1, -0.05) is 96.8 Å². The van der Waals surface area contributed by atoms with Gasteiger partial charge < -0.3 is 6.53 Å². The molecule has 0 bridgehead atoms. The van der Waals surface area contributed by atoms with E-state index in [9.17, 15) is 4.79 Å². The molecule has 0 saturated carbocycles. The van der Waals surface area contributed by atoms with Crippen molar-refractivity contribution in [2.45, 2.75) is 110 Å². The first-order valence-corrected chi connectivity index (χ1v) is 8.99. The summed E-state index contributed by atoms with van der Waals surface area (Å²) in [6.45, 7) is 2.27. The average Bonchev–Trinajstić information content (AvgIpc) is 2.43. The minimum Gasteiger partial charge on any atom is -1.00 e. The first-order valence-electron chi connectivity index (χ1n) is 8.99. The quantitative estimate of drug-likeness (QED) is 0.333. The molecule has 1 N–H and O–H groups in total. The van der Waals surface area contributed by atoms with Crippen LogP contribution in [0.15, 0.2) is 0 Å². The maximum atomic E-state index is 10.3. The third-order valence-corrected chi connectivity index (χ3v) is 3.99. The fourth-order valence-electron chi connectivity index (χ4n) is 2.65. The average molecular weight is 375 g/mol. The molecule has 0 aliphatic carbocycles. The van der Waals surface area contributed by atoms with E-state index < -0.39 is 5.97 Å². The van der Waals surface area contributed by atoms with Gasteiger partial charge in [-0.25, -0.2) is 0 Å². The van der Waals surface area contributed by atoms with Crippen molar-refractivity contribution >= 4 is 35.7 Å². The van der Waals surface area contributed by atoms with Crippen LogP contribution < -0.4 is 29.6 Å². The summed E-state index contributed by atoms with van der Waals surface area (Å²) >= 11 is 0. The summed E-state index contributed by atoms with van der Waals surface area (Å²) in [4.78, 5) is 10.3. The third kappa shape index (κ3) is 31.6. The zero-order valence-electron chi connectivity index (χ0n) is 16.1. The van der Waals surface area contributed by atoms with Crippen LogP contribution >= 0.6 is 12.4 Å². The van der Waals surface area contributed by atoms with Crippen molar-refractivity contribution in [2.75, 3.05) is 0 Å². The first kappa shape index (κ1) is 32.0. The summed E-state index contributed by atoms with van der Waals surface area (Å²) in [5.41, 5.74) is 0. The first-order chi connectivity index (χ1) is 9.77. The van der Waals surface area contributed by atoms with E-state index in [4.69, 9.17) is 5.11 Å². The van der Waals surface area contributed by atoms with E-state index in [0.29, 0.717) is 6.42 Å². The largest absolute Gasteiger partial charge is 1.00 e. The Hall–Kier alpha value is 1.29. The maximum absolute atomic E-state index is 10.3. The van der Waals surface area contributed by atoms with E-state index in [2.05, 4.69) is 6.92 Å². The van der Waals surface area contributed by atoms with E-state index in [1.165, 1.54) is 83.5 Å². The summed E-state index contributed by atoms with van der Waals surface area (Å²) in [7, 11) is 0. The van der Waals surface area contributed by atoms with E-state index in [-0.39, 0.29) is 60.8 Å². The normalized spacial score (nSPS) is 9.43. The molecule has 0 unspecified atom stereocenters. The Kier molecular flexibility index (Phi) is 39.1. The maximum Gasteiger partial charge on any atom is 1.00 e. The fraction of sp³-hybridized carbons (Fsp3) is 0.944. The van der Waals surface area contributed by atoms with E-state index in [1.54, 1.807) is 0 Å². The van der Waals surface area contributed by atoms with E-state index >= 15 is 0 Å². The Bertz CT molecular complexity index is 225. The topological polar surface area (TPSA) is 37.3 Å². The van der Waals surface area contributed by atoms with Gasteiger partial charge in [0.05, 0.1) is 0 Å². The van der Waals surface area contributed by atoms with Gasteiger partial charge in [0.2, 0.25) is 0 Å². The molecular weight excluding hydrogens is 334 g/mol. The molecule has 0 aromatic heterocycles. The summed E-state index contributed by atoms with van der Waals surface area (Å²) < 4.78 is 0. The summed E-state index contributed by atoms with van der Waals surface area (Å²) in [5, 5.41) is 8.52. The summed E-state index contributed by atoms with van der Waals surface area (Å²) in [5.74, 6) is -0.653. The molecule has 5 heteroatoms. The number of hydrogen-bond acceptors (Lipinski definition) is 1. The van der Waals surface area contributed by atoms with Crippen LogP contribution in [0.25, 0.3) is 0 Å². The van der Waals surface area contributed by atoms with Crippen molar-refractivity contribution in [1.29, 1.82) is 0 Å². The van der Waals surface area contributed by atoms with Crippen LogP contribution in [0.5, 0.6) is 0 Å². The van der Waals surface area contributed by atoms with Gasteiger partial charge in [-0.3, -0.25) is 4.79 Å². The number of carboxylic acid groups (broad SMARTS) is 1. The second-order valence-corrected chi connectivity index (χ2v) is 6.09. The molecule has 0 saturated heterocycles. The fourth-order valence-corrected chi connectivity index (χ4v) is 2.65. The molecular formula is C18H41AlClNaO2. The SMILES string of the molecule is CCCCCCCCCCCCCCCCCC(=O)O.Cl.[AlH3].[H-].[Na+]. The predicted molar refractivity (Wildman–Crippen MR) is 105 cm³/mol. The van der Waals surface area contributed by atoms with Gasteiger partial charge in [0, 0.05) is 6.42 Å². The van der Waals surface area contributed by atoms with Gasteiger partial charge in [0.25, 0.3) is 0 Å². The Morgan fingerprint density at radius 2 is 0.957 bits per heavy atom. The zero-order valence-corrected chi connectivity index (χ0v) is 17.9. The molecule has 0 spiro atoms. The molecule has 2 nitrogen and oxygen atoms in total. The third-order valence-electron chi connectivity index (χ3n) is 3.99. The second-order valence-electron chi connectivity index (χ2n) is 6.09. The molecule has 0 fully saturated rings. The minimum absolute atomic E-state index is 0. The van der Waals surface area contributed by atoms with Crippen LogP contribution in [0.4, 0.5) is 0 Å². The van der Waals surface area contributed by atoms with E-state index in [1.807, 2.05) is 0 Å². The number of halogens is 1. The molecule has 23 heavy (non-hydrogen) atoms. The van der Waals surface area contributed by atoms with E-state index in [0.717, 1.165) is 12.8 Å². The molecule has 0 radical (unpaired) electrons. The standard InChI is InChI=1S/C18H36O2.Al.ClH.Na.4H/c1-2-3-4-5-6-7-8-9-10-11-12-13-14-15-16-17-18(19)20;;;;;;;/h2-17H2,1H3,(H,19,20);;1H;;;;;/q;;;+1;;;;-1. The van der Waals surface area contributed by atoms with Crippen molar-refractivity contribution in [3.63, 3.8) is 0 Å². The van der Waals surface area contributed by atoms with Crippen molar-refractivity contribution in [3.8, 4) is 0 Å². The molecule has 136 valence electrons. The monoisotopic (exact) mass is 374 g/mol. The number of unbranched alkanes of at least 4 members (excludes halogenated alkanes) is 14. The van der Waals surface area contributed by atoms with Crippen molar-refractivity contribution in [2.24, 2.45) is 0 Å². The summed E-state index contributed by atoms with van der Waals surface area (Å²) in [6.07, 6.45) is 20.2. The molecule has 0 amide bonds. The Balaban J connectivity index is -0.000000301. The number of hydrogen-bond donors (Lipinski definition) is 1. The smallest absolute Gasteiger partial charge is 1.00 e. The van der Waals surface area contributed by atoms with Crippen molar-refractivity contribution in [3.05, 3.63) is 0 Å². The molecule has 0 aliphatic rings. The van der Waals surface area contributed by atoms with Gasteiger partial charge in [-0.15, -0.1) is 12.4 Å². The van der Waals surface area contributed by atoms with Gasteiger partial charge in [0.15, 0.2) is 17.4 Å². The van der Waals surface area contributed by atoms with Crippen LogP contribution in [0.2, 0.25) is 0 Å². The van der Waals surface area contributed by atoms with Gasteiger partial charge in [0.1, 0.15) is 0 Å². The predicted octanol–water partition coefficient (Wildman–Crippen LogP) is 2.69. The number of aliphatic carboxylic acids is 1. The molecule has 0 aliphatic heterocycles. The van der Waals surface area contributed by atoms with Crippen LogP contribution in [0.1, 0.15) is 111 Å². The molecule has 0 rings (SSSR count). The van der Waals surface area contributed by atoms with Crippen LogP contribution in [0, 0.1) is 0 Å². The van der Waals surface area contributed by atoms with Crippen LogP contribution in [0.3, 0.4) is 0 Å². The minimum atomic E-state index is -0.653. The Morgan fingerprint density at radius 3 is 1.22 bits per heavy atom. The van der Waals surface area contributed by atoms with Gasteiger partial charge in [-0.2, -0.15) is 0 Å². The Morgan fingerprint density at radius 1 is 0.696 bits per heavy atom. The van der Waals surface area contributed by atoms with Crippen LogP contribution in [-0.4, -0.2) is 28.4 Å². The van der Waals surface area contributed by atoms with Gasteiger partial charge >= 0.3 is 35.5 Å². The van der Waals surface area contributed by atoms with Crippen LogP contribution in [-0.2, 0) is 4.79 Å². The summed E-state index contributed by atoms with van der Waals surface area (Å²) in [6, 6.07) is 0. The number of carbonyl (C=O) groups is 1. The number of carboxylic acids is 1. The second kappa shape index (κ2) is 28.1. The Labute approximate surface area is 185 Å². The zero-order chi connectivity index (χ0) is 14.9. The number of rotatable bonds is 16. The van der Waals surface area contributed by atoms with Crippen molar-refractivity contribution in [1.82, 2.24) is 0 Å². The molecule has 0 heterocycles. The van der Waals surface area contributed by atoms with Gasteiger partial charge in [-0.05, 0) is 6.42 Å². The molecule has 0 aromatic rings. The molecule has 0 aromatic carbocycles. The molecule has 0 atom stereocenters.